The summed E-state index contributed by atoms with van der Waals surface area (Å²) in [6, 6.07) is 18.3. The number of carboxylic acid groups (broad SMARTS) is 1. The maximum atomic E-state index is 13.6. The monoisotopic (exact) mass is 703 g/mol. The summed E-state index contributed by atoms with van der Waals surface area (Å²) in [5.74, 6) is -0.615. The number of nitrogens with one attached hydrogen (secondary N) is 2. The van der Waals surface area contributed by atoms with E-state index in [0.29, 0.717) is 30.0 Å². The Hall–Kier alpha value is -5.83. The van der Waals surface area contributed by atoms with Crippen molar-refractivity contribution < 1.29 is 38.9 Å². The van der Waals surface area contributed by atoms with Crippen LogP contribution in [-0.2, 0) is 32.7 Å². The van der Waals surface area contributed by atoms with Crippen molar-refractivity contribution in [3.8, 4) is 0 Å². The van der Waals surface area contributed by atoms with Crippen molar-refractivity contribution in [1.29, 1.82) is 0 Å². The summed E-state index contributed by atoms with van der Waals surface area (Å²) in [5.41, 5.74) is 6.07. The first-order valence-corrected chi connectivity index (χ1v) is 16.6. The van der Waals surface area contributed by atoms with Gasteiger partial charge in [0.15, 0.2) is 0 Å². The molecule has 0 spiro atoms. The molecular weight excluding hydrogens is 658 g/mol. The van der Waals surface area contributed by atoms with Crippen molar-refractivity contribution in [1.82, 2.24) is 20.0 Å². The van der Waals surface area contributed by atoms with Gasteiger partial charge >= 0.3 is 18.0 Å². The lowest BCUT2D eigenvalue weighted by Crippen LogP contribution is -2.34. The number of rotatable bonds is 17. The van der Waals surface area contributed by atoms with E-state index in [4.69, 9.17) is 29.5 Å². The van der Waals surface area contributed by atoms with Gasteiger partial charge in [-0.25, -0.2) is 25.0 Å². The van der Waals surface area contributed by atoms with Crippen molar-refractivity contribution in [3.63, 3.8) is 0 Å². The number of pyridine rings is 1. The topological polar surface area (TPSA) is 198 Å². The molecule has 0 aliphatic rings. The number of hydrogen-bond acceptors (Lipinski definition) is 11. The van der Waals surface area contributed by atoms with E-state index in [9.17, 15) is 14.4 Å². The number of carbonyl (C=O) groups excluding carboxylic acids is 3. The molecular formula is C36H45N7O8. The third kappa shape index (κ3) is 13.2. The van der Waals surface area contributed by atoms with Gasteiger partial charge in [0.25, 0.3) is 5.91 Å². The summed E-state index contributed by atoms with van der Waals surface area (Å²) in [6.45, 7) is 4.35. The molecule has 272 valence electrons. The van der Waals surface area contributed by atoms with Crippen LogP contribution >= 0.6 is 0 Å². The zero-order valence-corrected chi connectivity index (χ0v) is 29.1. The van der Waals surface area contributed by atoms with Gasteiger partial charge in [0, 0.05) is 31.0 Å². The van der Waals surface area contributed by atoms with E-state index in [0.717, 1.165) is 48.3 Å². The molecule has 15 heteroatoms. The fourth-order valence-electron chi connectivity index (χ4n) is 4.72. The Morgan fingerprint density at radius 1 is 1.00 bits per heavy atom. The second-order valence-corrected chi connectivity index (χ2v) is 11.1. The average molecular weight is 704 g/mol. The molecule has 2 aromatic carbocycles. The highest BCUT2D eigenvalue weighted by molar-refractivity contribution is 6.07. The third-order valence-electron chi connectivity index (χ3n) is 7.33. The summed E-state index contributed by atoms with van der Waals surface area (Å²) < 4.78 is 12.1. The molecule has 4 N–H and O–H groups in total. The number of aryl methyl sites for hydroxylation is 1. The van der Waals surface area contributed by atoms with Gasteiger partial charge in [-0.3, -0.25) is 14.5 Å². The van der Waals surface area contributed by atoms with E-state index >= 15 is 0 Å². The number of fused-ring (bicyclic) bond motifs is 1. The quantitative estimate of drug-likeness (QED) is 0.0506. The Bertz CT molecular complexity index is 1740. The number of aromatic nitrogens is 3. The van der Waals surface area contributed by atoms with Gasteiger partial charge < -0.3 is 29.6 Å². The number of imidazole rings is 1. The van der Waals surface area contributed by atoms with Gasteiger partial charge in [0.2, 0.25) is 0 Å². The first-order valence-electron chi connectivity index (χ1n) is 16.6. The second kappa shape index (κ2) is 21.3. The molecule has 2 aromatic heterocycles. The molecule has 15 nitrogen and oxygen atoms in total. The molecule has 51 heavy (non-hydrogen) atoms. The van der Waals surface area contributed by atoms with Gasteiger partial charge in [-0.05, 0) is 61.4 Å². The van der Waals surface area contributed by atoms with Crippen LogP contribution < -0.4 is 15.6 Å². The Balaban J connectivity index is 0.00000131. The zero-order valence-electron chi connectivity index (χ0n) is 29.1. The number of unbranched alkanes of at least 4 members (excludes halogenated alkanes) is 3. The Morgan fingerprint density at radius 3 is 2.43 bits per heavy atom. The second-order valence-electron chi connectivity index (χ2n) is 11.1. The number of hydrazone groups is 1. The lowest BCUT2D eigenvalue weighted by molar-refractivity contribution is -0.143. The number of aliphatic carboxylic acids is 1. The predicted octanol–water partition coefficient (Wildman–Crippen LogP) is 4.88. The number of amides is 2. The van der Waals surface area contributed by atoms with Crippen LogP contribution in [0.15, 0.2) is 72.0 Å². The molecule has 0 aliphatic carbocycles. The van der Waals surface area contributed by atoms with Crippen molar-refractivity contribution in [3.05, 3.63) is 83.8 Å². The van der Waals surface area contributed by atoms with Crippen LogP contribution in [0.5, 0.6) is 0 Å². The highest BCUT2D eigenvalue weighted by Gasteiger charge is 2.21. The van der Waals surface area contributed by atoms with E-state index in [1.54, 1.807) is 49.7 Å². The smallest absolute Gasteiger partial charge is 0.427 e. The molecule has 0 saturated heterocycles. The number of ether oxygens (including phenoxy) is 2. The third-order valence-corrected chi connectivity index (χ3v) is 7.33. The van der Waals surface area contributed by atoms with Crippen LogP contribution in [0.2, 0.25) is 0 Å². The van der Waals surface area contributed by atoms with E-state index in [1.165, 1.54) is 4.90 Å². The summed E-state index contributed by atoms with van der Waals surface area (Å²) >= 11 is 0. The molecule has 0 radical (unpaired) electrons. The number of aliphatic hydroxyl groups is 1. The number of carbonyl (C=O) groups is 4. The molecule has 0 bridgehead atoms. The number of esters is 1. The van der Waals surface area contributed by atoms with Crippen LogP contribution in [-0.4, -0.2) is 81.3 Å². The lowest BCUT2D eigenvalue weighted by Gasteiger charge is -2.21. The van der Waals surface area contributed by atoms with E-state index < -0.39 is 18.7 Å². The average Bonchev–Trinajstić information content (AvgIpc) is 3.46. The Labute approximate surface area is 296 Å². The summed E-state index contributed by atoms with van der Waals surface area (Å²) in [6.07, 6.45) is 6.79. The van der Waals surface area contributed by atoms with Gasteiger partial charge in [-0.2, -0.15) is 5.10 Å². The van der Waals surface area contributed by atoms with Crippen molar-refractivity contribution in [2.75, 3.05) is 36.6 Å². The minimum Gasteiger partial charge on any atom is -0.480 e. The highest BCUT2D eigenvalue weighted by atomic mass is 16.6. The van der Waals surface area contributed by atoms with Crippen LogP contribution in [0.25, 0.3) is 11.0 Å². The number of hydrogen-bond donors (Lipinski definition) is 4. The first-order chi connectivity index (χ1) is 24.7. The molecule has 0 aliphatic heterocycles. The van der Waals surface area contributed by atoms with E-state index in [2.05, 4.69) is 27.8 Å². The van der Waals surface area contributed by atoms with Crippen LogP contribution in [0.4, 0.5) is 16.3 Å². The molecule has 0 unspecified atom stereocenters. The molecule has 4 rings (SSSR count). The maximum absolute atomic E-state index is 13.6. The predicted molar refractivity (Wildman–Crippen MR) is 193 cm³/mol. The van der Waals surface area contributed by atoms with Crippen molar-refractivity contribution >= 4 is 52.7 Å². The number of carboxylic acids is 1. The van der Waals surface area contributed by atoms with Crippen LogP contribution in [0.1, 0.15) is 67.7 Å². The molecule has 0 atom stereocenters. The minimum absolute atomic E-state index is 0.0519. The molecule has 0 saturated carbocycles. The molecule has 2 heterocycles. The SMILES string of the molecule is CCCCCCOC(=O)N/N=C/c1ccc(NCc2nc3cc(C(=O)N(CCC(=O)OCC)c4ccccn4)ccc3n2C)cc1.O=C(O)CO. The summed E-state index contributed by atoms with van der Waals surface area (Å²) in [4.78, 5) is 57.1. The largest absolute Gasteiger partial charge is 0.480 e. The van der Waals surface area contributed by atoms with Gasteiger partial charge in [0.05, 0.1) is 43.4 Å². The van der Waals surface area contributed by atoms with Crippen LogP contribution in [0, 0.1) is 0 Å². The summed E-state index contributed by atoms with van der Waals surface area (Å²) in [7, 11) is 1.93. The van der Waals surface area contributed by atoms with Crippen molar-refractivity contribution in [2.24, 2.45) is 12.1 Å². The fraction of sp³-hybridized carbons (Fsp3) is 0.361. The standard InChI is InChI=1S/C34H41N7O5.C2H4O3/c1-4-6-7-10-21-46-34(44)39-37-23-25-12-15-27(16-13-25)36-24-31-38-28-22-26(14-17-29(28)40(31)3)33(43)41(20-18-32(42)45-5-2)30-11-8-9-19-35-30;3-1-2(4)5/h8-9,11-17,19,22-23,36H,4-7,10,18,20-21,24H2,1-3H3,(H,39,44);3H,1H2,(H,4,5)/b37-23+;. The van der Waals surface area contributed by atoms with E-state index in [1.807, 2.05) is 41.9 Å². The highest BCUT2D eigenvalue weighted by Crippen LogP contribution is 2.21. The number of anilines is 2. The van der Waals surface area contributed by atoms with Gasteiger partial charge in [0.1, 0.15) is 18.2 Å². The minimum atomic E-state index is -1.19. The number of aliphatic hydroxyl groups excluding tert-OH is 1. The Kier molecular flexibility index (Phi) is 16.5. The van der Waals surface area contributed by atoms with Crippen molar-refractivity contribution in [2.45, 2.75) is 52.5 Å². The van der Waals surface area contributed by atoms with Gasteiger partial charge in [-0.1, -0.05) is 44.4 Å². The normalized spacial score (nSPS) is 10.7. The van der Waals surface area contributed by atoms with Crippen LogP contribution in [0.3, 0.4) is 0 Å². The first kappa shape index (κ1) is 39.6. The Morgan fingerprint density at radius 2 is 1.76 bits per heavy atom. The zero-order chi connectivity index (χ0) is 37.0. The molecule has 0 fully saturated rings. The van der Waals surface area contributed by atoms with Gasteiger partial charge in [-0.15, -0.1) is 0 Å². The van der Waals surface area contributed by atoms with E-state index in [-0.39, 0.29) is 31.4 Å². The molecule has 4 aromatic rings. The number of benzene rings is 2. The molecule has 2 amide bonds. The number of nitrogens with zero attached hydrogens (tertiary/aromatic N) is 5. The lowest BCUT2D eigenvalue weighted by atomic mass is 10.1. The summed E-state index contributed by atoms with van der Waals surface area (Å²) in [5, 5.41) is 22.3. The fourth-order valence-corrected chi connectivity index (χ4v) is 4.72. The maximum Gasteiger partial charge on any atom is 0.427 e.